The molecule has 4 rings (SSSR count). The highest BCUT2D eigenvalue weighted by atomic mass is 19.1. The second-order valence-corrected chi connectivity index (χ2v) is 8.86. The zero-order valence-electron chi connectivity index (χ0n) is 18.3. The molecule has 1 heterocycles. The van der Waals surface area contributed by atoms with Crippen molar-refractivity contribution in [2.24, 2.45) is 0 Å². The normalized spacial score (nSPS) is 13.4. The molecule has 32 heavy (non-hydrogen) atoms. The van der Waals surface area contributed by atoms with E-state index in [0.29, 0.717) is 22.7 Å². The maximum absolute atomic E-state index is 13.2. The van der Waals surface area contributed by atoms with Crippen LogP contribution in [-0.4, -0.2) is 18.4 Å². The number of benzene rings is 3. The Balaban J connectivity index is 1.55. The highest BCUT2D eigenvalue weighted by Crippen LogP contribution is 2.35. The van der Waals surface area contributed by atoms with Crippen LogP contribution in [0.2, 0.25) is 0 Å². The maximum atomic E-state index is 13.2. The van der Waals surface area contributed by atoms with E-state index in [9.17, 15) is 14.0 Å². The van der Waals surface area contributed by atoms with Crippen molar-refractivity contribution < 1.29 is 18.7 Å². The SMILES string of the molecule is CC(C)(C)c1ccc(C(=O)Nc2ccc3c(c2)N(Cc2ccc(F)cc2)C(=O)CO3)cc1. The monoisotopic (exact) mass is 432 g/mol. The van der Waals surface area contributed by atoms with Gasteiger partial charge in [0.15, 0.2) is 6.61 Å². The molecule has 0 radical (unpaired) electrons. The number of nitrogens with zero attached hydrogens (tertiary/aromatic N) is 1. The molecule has 1 N–H and O–H groups in total. The van der Waals surface area contributed by atoms with Gasteiger partial charge in [0.05, 0.1) is 12.2 Å². The number of hydrogen-bond acceptors (Lipinski definition) is 3. The number of carbonyl (C=O) groups excluding carboxylic acids is 2. The number of halogens is 1. The number of rotatable bonds is 4. The van der Waals surface area contributed by atoms with Crippen LogP contribution in [0.1, 0.15) is 42.3 Å². The van der Waals surface area contributed by atoms with Gasteiger partial charge in [-0.25, -0.2) is 4.39 Å². The first-order valence-corrected chi connectivity index (χ1v) is 10.4. The van der Waals surface area contributed by atoms with Gasteiger partial charge in [-0.2, -0.15) is 0 Å². The fraction of sp³-hybridized carbons (Fsp3) is 0.231. The third kappa shape index (κ3) is 4.64. The lowest BCUT2D eigenvalue weighted by Crippen LogP contribution is -2.38. The third-order valence-corrected chi connectivity index (χ3v) is 5.43. The van der Waals surface area contributed by atoms with Crippen LogP contribution in [0.4, 0.5) is 15.8 Å². The Bertz CT molecular complexity index is 1150. The molecular formula is C26H25FN2O3. The number of hydrogen-bond donors (Lipinski definition) is 1. The Morgan fingerprint density at radius 1 is 1.03 bits per heavy atom. The molecule has 1 aliphatic rings. The molecule has 0 aliphatic carbocycles. The fourth-order valence-corrected chi connectivity index (χ4v) is 3.55. The van der Waals surface area contributed by atoms with Crippen LogP contribution in [0.25, 0.3) is 0 Å². The molecule has 6 heteroatoms. The Labute approximate surface area is 186 Å². The summed E-state index contributed by atoms with van der Waals surface area (Å²) in [5.41, 5.74) is 3.61. The molecule has 2 amide bonds. The van der Waals surface area contributed by atoms with E-state index in [-0.39, 0.29) is 36.2 Å². The zero-order chi connectivity index (χ0) is 22.9. The topological polar surface area (TPSA) is 58.6 Å². The summed E-state index contributed by atoms with van der Waals surface area (Å²) in [7, 11) is 0. The van der Waals surface area contributed by atoms with Gasteiger partial charge in [-0.15, -0.1) is 0 Å². The Morgan fingerprint density at radius 2 is 1.72 bits per heavy atom. The van der Waals surface area contributed by atoms with Crippen LogP contribution in [-0.2, 0) is 16.8 Å². The zero-order valence-corrected chi connectivity index (χ0v) is 18.3. The molecule has 0 bridgehead atoms. The summed E-state index contributed by atoms with van der Waals surface area (Å²) in [5.74, 6) is -0.219. The lowest BCUT2D eigenvalue weighted by Gasteiger charge is -2.30. The molecule has 1 aliphatic heterocycles. The van der Waals surface area contributed by atoms with Crippen LogP contribution in [0, 0.1) is 5.82 Å². The summed E-state index contributed by atoms with van der Waals surface area (Å²) in [5, 5.41) is 2.89. The van der Waals surface area contributed by atoms with Crippen LogP contribution >= 0.6 is 0 Å². The van der Waals surface area contributed by atoms with Crippen molar-refractivity contribution in [3.63, 3.8) is 0 Å². The molecule has 3 aromatic carbocycles. The van der Waals surface area contributed by atoms with Crippen molar-refractivity contribution in [3.05, 3.63) is 89.2 Å². The Hall–Kier alpha value is -3.67. The second-order valence-electron chi connectivity index (χ2n) is 8.86. The lowest BCUT2D eigenvalue weighted by atomic mass is 9.87. The largest absolute Gasteiger partial charge is 0.482 e. The number of carbonyl (C=O) groups is 2. The van der Waals surface area contributed by atoms with Crippen LogP contribution < -0.4 is 15.0 Å². The van der Waals surface area contributed by atoms with E-state index in [1.807, 2.05) is 24.3 Å². The maximum Gasteiger partial charge on any atom is 0.265 e. The van der Waals surface area contributed by atoms with Gasteiger partial charge in [0.1, 0.15) is 11.6 Å². The summed E-state index contributed by atoms with van der Waals surface area (Å²) >= 11 is 0. The molecule has 3 aromatic rings. The number of nitrogens with one attached hydrogen (secondary N) is 1. The lowest BCUT2D eigenvalue weighted by molar-refractivity contribution is -0.121. The molecule has 5 nitrogen and oxygen atoms in total. The first-order chi connectivity index (χ1) is 15.2. The minimum Gasteiger partial charge on any atom is -0.482 e. The van der Waals surface area contributed by atoms with E-state index in [2.05, 4.69) is 26.1 Å². The van der Waals surface area contributed by atoms with E-state index in [1.54, 1.807) is 35.2 Å². The fourth-order valence-electron chi connectivity index (χ4n) is 3.55. The average molecular weight is 432 g/mol. The molecule has 0 saturated heterocycles. The van der Waals surface area contributed by atoms with Gasteiger partial charge in [-0.1, -0.05) is 45.0 Å². The summed E-state index contributed by atoms with van der Waals surface area (Å²) in [6.07, 6.45) is 0. The number of fused-ring (bicyclic) bond motifs is 1. The Kier molecular flexibility index (Phi) is 5.70. The van der Waals surface area contributed by atoms with Gasteiger partial charge >= 0.3 is 0 Å². The number of anilines is 2. The number of ether oxygens (including phenoxy) is 1. The minimum absolute atomic E-state index is 0.00795. The van der Waals surface area contributed by atoms with Gasteiger partial charge in [-0.05, 0) is 59.0 Å². The smallest absolute Gasteiger partial charge is 0.265 e. The molecule has 0 saturated carbocycles. The van der Waals surface area contributed by atoms with Gasteiger partial charge in [0.25, 0.3) is 11.8 Å². The van der Waals surface area contributed by atoms with Crippen molar-refractivity contribution in [3.8, 4) is 5.75 Å². The molecule has 0 spiro atoms. The first-order valence-electron chi connectivity index (χ1n) is 10.4. The molecule has 0 aromatic heterocycles. The van der Waals surface area contributed by atoms with Crippen LogP contribution in [0.3, 0.4) is 0 Å². The molecule has 0 fully saturated rings. The Morgan fingerprint density at radius 3 is 2.38 bits per heavy atom. The average Bonchev–Trinajstić information content (AvgIpc) is 2.76. The summed E-state index contributed by atoms with van der Waals surface area (Å²) in [4.78, 5) is 26.9. The van der Waals surface area contributed by atoms with Crippen molar-refractivity contribution in [1.82, 2.24) is 0 Å². The van der Waals surface area contributed by atoms with Crippen LogP contribution in [0.15, 0.2) is 66.7 Å². The molecule has 164 valence electrons. The van der Waals surface area contributed by atoms with Gasteiger partial charge in [-0.3, -0.25) is 9.59 Å². The first kappa shape index (κ1) is 21.6. The highest BCUT2D eigenvalue weighted by molar-refractivity contribution is 6.05. The van der Waals surface area contributed by atoms with Crippen molar-refractivity contribution in [1.29, 1.82) is 0 Å². The molecular weight excluding hydrogens is 407 g/mol. The van der Waals surface area contributed by atoms with E-state index >= 15 is 0 Å². The standard InChI is InChI=1S/C26H25FN2O3/c1-26(2,3)19-8-6-18(7-9-19)25(31)28-21-12-13-23-22(14-21)29(24(30)16-32-23)15-17-4-10-20(27)11-5-17/h4-14H,15-16H2,1-3H3,(H,28,31). The number of amides is 2. The predicted molar refractivity (Wildman–Crippen MR) is 123 cm³/mol. The van der Waals surface area contributed by atoms with E-state index < -0.39 is 0 Å². The minimum atomic E-state index is -0.331. The summed E-state index contributed by atoms with van der Waals surface area (Å²) in [6, 6.07) is 18.7. The van der Waals surface area contributed by atoms with E-state index in [1.165, 1.54) is 12.1 Å². The van der Waals surface area contributed by atoms with Crippen molar-refractivity contribution in [2.45, 2.75) is 32.7 Å². The van der Waals surface area contributed by atoms with Crippen molar-refractivity contribution >= 4 is 23.2 Å². The van der Waals surface area contributed by atoms with E-state index in [4.69, 9.17) is 4.74 Å². The van der Waals surface area contributed by atoms with Crippen molar-refractivity contribution in [2.75, 3.05) is 16.8 Å². The second kappa shape index (κ2) is 8.46. The van der Waals surface area contributed by atoms with Crippen LogP contribution in [0.5, 0.6) is 5.75 Å². The third-order valence-electron chi connectivity index (χ3n) is 5.43. The van der Waals surface area contributed by atoms with Gasteiger partial charge in [0.2, 0.25) is 0 Å². The summed E-state index contributed by atoms with van der Waals surface area (Å²) < 4.78 is 18.8. The molecule has 0 atom stereocenters. The highest BCUT2D eigenvalue weighted by Gasteiger charge is 2.26. The van der Waals surface area contributed by atoms with E-state index in [0.717, 1.165) is 11.1 Å². The molecule has 0 unspecified atom stereocenters. The summed E-state index contributed by atoms with van der Waals surface area (Å²) in [6.45, 7) is 6.57. The van der Waals surface area contributed by atoms with Gasteiger partial charge < -0.3 is 15.0 Å². The predicted octanol–water partition coefficient (Wildman–Crippen LogP) is 5.30. The quantitative estimate of drug-likeness (QED) is 0.609. The van der Waals surface area contributed by atoms with Gasteiger partial charge in [0, 0.05) is 11.3 Å².